The molecule has 0 unspecified atom stereocenters. The van der Waals surface area contributed by atoms with E-state index in [9.17, 15) is 14.9 Å². The van der Waals surface area contributed by atoms with Gasteiger partial charge in [-0.1, -0.05) is 23.7 Å². The Hall–Kier alpha value is -2.68. The van der Waals surface area contributed by atoms with Crippen LogP contribution in [0.25, 0.3) is 0 Å². The summed E-state index contributed by atoms with van der Waals surface area (Å²) in [6.07, 6.45) is 0. The van der Waals surface area contributed by atoms with Crippen molar-refractivity contribution in [2.24, 2.45) is 0 Å². The number of nitro groups is 1. The molecule has 0 radical (unpaired) electrons. The van der Waals surface area contributed by atoms with Gasteiger partial charge in [0.15, 0.2) is 0 Å². The summed E-state index contributed by atoms with van der Waals surface area (Å²) in [6.45, 7) is 3.14. The monoisotopic (exact) mass is 419 g/mol. The van der Waals surface area contributed by atoms with E-state index >= 15 is 0 Å². The number of nitrogens with zero attached hydrogens (tertiary/aromatic N) is 2. The van der Waals surface area contributed by atoms with Gasteiger partial charge in [0, 0.05) is 31.8 Å². The highest BCUT2D eigenvalue weighted by atomic mass is 35.5. The molecule has 2 aromatic rings. The van der Waals surface area contributed by atoms with E-state index in [1.807, 2.05) is 24.3 Å². The molecule has 1 aliphatic heterocycles. The largest absolute Gasteiger partial charge is 0.497 e. The molecule has 0 spiro atoms. The number of halogens is 1. The molecule has 1 saturated heterocycles. The maximum absolute atomic E-state index is 12.6. The van der Waals surface area contributed by atoms with Crippen molar-refractivity contribution < 1.29 is 19.2 Å². The van der Waals surface area contributed by atoms with Crippen molar-refractivity contribution in [3.63, 3.8) is 0 Å². The highest BCUT2D eigenvalue weighted by Gasteiger charge is 2.24. The van der Waals surface area contributed by atoms with Gasteiger partial charge in [0.25, 0.3) is 11.6 Å². The Morgan fingerprint density at radius 1 is 1.28 bits per heavy atom. The molecule has 1 aliphatic rings. The molecule has 8 nitrogen and oxygen atoms in total. The van der Waals surface area contributed by atoms with Crippen LogP contribution in [0.2, 0.25) is 5.02 Å². The van der Waals surface area contributed by atoms with Crippen LogP contribution >= 0.6 is 11.6 Å². The first kappa shape index (κ1) is 21.0. The van der Waals surface area contributed by atoms with Crippen molar-refractivity contribution in [3.8, 4) is 5.75 Å². The Kier molecular flexibility index (Phi) is 7.03. The van der Waals surface area contributed by atoms with E-state index in [0.29, 0.717) is 19.8 Å². The summed E-state index contributed by atoms with van der Waals surface area (Å²) >= 11 is 6.08. The first-order valence-electron chi connectivity index (χ1n) is 9.17. The number of amides is 1. The number of nitrogens with one attached hydrogen (secondary N) is 1. The number of ether oxygens (including phenoxy) is 2. The van der Waals surface area contributed by atoms with Gasteiger partial charge in [-0.3, -0.25) is 19.8 Å². The molecule has 0 aliphatic carbocycles. The molecule has 1 heterocycles. The Balaban J connectivity index is 1.75. The van der Waals surface area contributed by atoms with E-state index in [2.05, 4.69) is 10.2 Å². The number of morpholine rings is 1. The van der Waals surface area contributed by atoms with Crippen LogP contribution < -0.4 is 10.1 Å². The van der Waals surface area contributed by atoms with Crippen LogP contribution in [0.4, 0.5) is 5.69 Å². The Labute approximate surface area is 173 Å². The van der Waals surface area contributed by atoms with Crippen LogP contribution in [0, 0.1) is 10.1 Å². The molecule has 1 atom stereocenters. The zero-order valence-corrected chi connectivity index (χ0v) is 16.7. The molecular weight excluding hydrogens is 398 g/mol. The lowest BCUT2D eigenvalue weighted by atomic mass is 10.0. The quantitative estimate of drug-likeness (QED) is 0.547. The highest BCUT2D eigenvalue weighted by Crippen LogP contribution is 2.25. The molecule has 29 heavy (non-hydrogen) atoms. The summed E-state index contributed by atoms with van der Waals surface area (Å²) in [5, 5.41) is 13.8. The predicted molar refractivity (Wildman–Crippen MR) is 109 cm³/mol. The summed E-state index contributed by atoms with van der Waals surface area (Å²) in [5.41, 5.74) is 1.09. The summed E-state index contributed by atoms with van der Waals surface area (Å²) in [6, 6.07) is 11.5. The van der Waals surface area contributed by atoms with Gasteiger partial charge in [-0.25, -0.2) is 0 Å². The molecule has 1 N–H and O–H groups in total. The van der Waals surface area contributed by atoms with E-state index in [1.54, 1.807) is 7.11 Å². The minimum absolute atomic E-state index is 0.0454. The van der Waals surface area contributed by atoms with Crippen LogP contribution in [-0.2, 0) is 4.74 Å². The van der Waals surface area contributed by atoms with Gasteiger partial charge >= 0.3 is 0 Å². The van der Waals surface area contributed by atoms with Crippen LogP contribution in [0.15, 0.2) is 42.5 Å². The standard InChI is InChI=1S/C20H22ClN3O5/c1-28-16-5-2-14(3-6-16)19(23-8-10-29-11-9-23)13-22-20(25)17-7-4-15(24(26)27)12-18(17)21/h2-7,12,19H,8-11,13H2,1H3,(H,22,25)/t19-/m0/s1. The third-order valence-corrected chi connectivity index (χ3v) is 5.16. The molecular formula is C20H22ClN3O5. The lowest BCUT2D eigenvalue weighted by molar-refractivity contribution is -0.384. The normalized spacial score (nSPS) is 15.5. The predicted octanol–water partition coefficient (Wildman–Crippen LogP) is 3.06. The van der Waals surface area contributed by atoms with E-state index in [1.165, 1.54) is 18.2 Å². The molecule has 9 heteroatoms. The van der Waals surface area contributed by atoms with Gasteiger partial charge in [0.1, 0.15) is 5.75 Å². The van der Waals surface area contributed by atoms with Crippen LogP contribution in [-0.4, -0.2) is 55.7 Å². The number of nitro benzene ring substituents is 1. The highest BCUT2D eigenvalue weighted by molar-refractivity contribution is 6.34. The molecule has 0 bridgehead atoms. The molecule has 1 fully saturated rings. The van der Waals surface area contributed by atoms with Gasteiger partial charge < -0.3 is 14.8 Å². The van der Waals surface area contributed by atoms with Gasteiger partial charge in [0.2, 0.25) is 0 Å². The fraction of sp³-hybridized carbons (Fsp3) is 0.350. The fourth-order valence-corrected chi connectivity index (χ4v) is 3.52. The second-order valence-corrected chi connectivity index (χ2v) is 6.98. The first-order chi connectivity index (χ1) is 14.0. The Morgan fingerprint density at radius 2 is 1.97 bits per heavy atom. The summed E-state index contributed by atoms with van der Waals surface area (Å²) in [4.78, 5) is 25.2. The van der Waals surface area contributed by atoms with Gasteiger partial charge in [0.05, 0.1) is 41.9 Å². The lowest BCUT2D eigenvalue weighted by Crippen LogP contribution is -2.43. The van der Waals surface area contributed by atoms with Crippen LogP contribution in [0.1, 0.15) is 22.0 Å². The average molecular weight is 420 g/mol. The third kappa shape index (κ3) is 5.23. The third-order valence-electron chi connectivity index (χ3n) is 4.85. The van der Waals surface area contributed by atoms with Crippen molar-refractivity contribution >= 4 is 23.2 Å². The van der Waals surface area contributed by atoms with Crippen molar-refractivity contribution in [3.05, 3.63) is 68.7 Å². The number of carbonyl (C=O) groups excluding carboxylic acids is 1. The van der Waals surface area contributed by atoms with Crippen LogP contribution in [0.5, 0.6) is 5.75 Å². The SMILES string of the molecule is COc1ccc([C@H](CNC(=O)c2ccc([N+](=O)[O-])cc2Cl)N2CCOCC2)cc1. The van der Waals surface area contributed by atoms with Gasteiger partial charge in [-0.15, -0.1) is 0 Å². The lowest BCUT2D eigenvalue weighted by Gasteiger charge is -2.35. The molecule has 2 aromatic carbocycles. The van der Waals surface area contributed by atoms with Crippen LogP contribution in [0.3, 0.4) is 0 Å². The molecule has 0 saturated carbocycles. The molecule has 0 aromatic heterocycles. The topological polar surface area (TPSA) is 93.9 Å². The van der Waals surface area contributed by atoms with E-state index in [-0.39, 0.29) is 28.2 Å². The number of methoxy groups -OCH3 is 1. The van der Waals surface area contributed by atoms with Crippen molar-refractivity contribution in [1.29, 1.82) is 0 Å². The first-order valence-corrected chi connectivity index (χ1v) is 9.55. The number of rotatable bonds is 7. The number of non-ortho nitro benzene ring substituents is 1. The zero-order valence-electron chi connectivity index (χ0n) is 16.0. The van der Waals surface area contributed by atoms with Gasteiger partial charge in [-0.2, -0.15) is 0 Å². The number of hydrogen-bond donors (Lipinski definition) is 1. The second-order valence-electron chi connectivity index (χ2n) is 6.57. The summed E-state index contributed by atoms with van der Waals surface area (Å²) in [5.74, 6) is 0.382. The van der Waals surface area contributed by atoms with Gasteiger partial charge in [-0.05, 0) is 23.8 Å². The molecule has 154 valence electrons. The minimum atomic E-state index is -0.550. The molecule has 3 rings (SSSR count). The van der Waals surface area contributed by atoms with E-state index in [4.69, 9.17) is 21.1 Å². The Bertz CT molecular complexity index is 869. The van der Waals surface area contributed by atoms with E-state index in [0.717, 1.165) is 24.4 Å². The summed E-state index contributed by atoms with van der Waals surface area (Å²) in [7, 11) is 1.61. The zero-order chi connectivity index (χ0) is 20.8. The maximum Gasteiger partial charge on any atom is 0.270 e. The number of benzene rings is 2. The molecule has 1 amide bonds. The number of carbonyl (C=O) groups is 1. The van der Waals surface area contributed by atoms with Crippen molar-refractivity contribution in [2.45, 2.75) is 6.04 Å². The fourth-order valence-electron chi connectivity index (χ4n) is 3.26. The number of hydrogen-bond acceptors (Lipinski definition) is 6. The minimum Gasteiger partial charge on any atom is -0.497 e. The van der Waals surface area contributed by atoms with E-state index < -0.39 is 4.92 Å². The smallest absolute Gasteiger partial charge is 0.270 e. The van der Waals surface area contributed by atoms with Crippen molar-refractivity contribution in [1.82, 2.24) is 10.2 Å². The average Bonchev–Trinajstić information content (AvgIpc) is 2.74. The van der Waals surface area contributed by atoms with Crippen molar-refractivity contribution in [2.75, 3.05) is 40.0 Å². The summed E-state index contributed by atoms with van der Waals surface area (Å²) < 4.78 is 10.7. The Morgan fingerprint density at radius 3 is 2.55 bits per heavy atom. The maximum atomic E-state index is 12.6. The second kappa shape index (κ2) is 9.69.